The van der Waals surface area contributed by atoms with Gasteiger partial charge in [0.1, 0.15) is 5.82 Å². The zero-order valence-electron chi connectivity index (χ0n) is 10.1. The van der Waals surface area contributed by atoms with Crippen molar-refractivity contribution < 1.29 is 0 Å². The van der Waals surface area contributed by atoms with Gasteiger partial charge in [-0.15, -0.1) is 12.4 Å². The molecule has 2 aliphatic rings. The molecule has 0 radical (unpaired) electrons. The van der Waals surface area contributed by atoms with E-state index in [4.69, 9.17) is 11.6 Å². The van der Waals surface area contributed by atoms with Gasteiger partial charge in [-0.3, -0.25) is 0 Å². The standard InChI is InChI=1S/C14H15ClN2.ClH/c15-13-5-3-4-12(10-13)11-17-9-8-16-7-2-1-6-14(16)17;/h1-6,10H,7-9,11H2;1H. The van der Waals surface area contributed by atoms with E-state index in [1.165, 1.54) is 11.4 Å². The van der Waals surface area contributed by atoms with Gasteiger partial charge in [-0.05, 0) is 23.8 Å². The molecule has 0 aliphatic carbocycles. The van der Waals surface area contributed by atoms with E-state index in [0.717, 1.165) is 31.2 Å². The topological polar surface area (TPSA) is 6.48 Å². The van der Waals surface area contributed by atoms with E-state index in [1.807, 2.05) is 18.2 Å². The molecule has 18 heavy (non-hydrogen) atoms. The van der Waals surface area contributed by atoms with Gasteiger partial charge in [-0.2, -0.15) is 0 Å². The average Bonchev–Trinajstić information content (AvgIpc) is 2.73. The first kappa shape index (κ1) is 13.3. The molecule has 0 bridgehead atoms. The normalized spacial score (nSPS) is 17.3. The molecule has 1 aromatic rings. The second kappa shape index (κ2) is 5.68. The zero-order valence-corrected chi connectivity index (χ0v) is 11.6. The summed E-state index contributed by atoms with van der Waals surface area (Å²) >= 11 is 6.01. The van der Waals surface area contributed by atoms with E-state index in [2.05, 4.69) is 34.1 Å². The van der Waals surface area contributed by atoms with E-state index in [9.17, 15) is 0 Å². The van der Waals surface area contributed by atoms with Crippen LogP contribution in [0.15, 0.2) is 48.3 Å². The summed E-state index contributed by atoms with van der Waals surface area (Å²) in [6, 6.07) is 8.11. The molecular weight excluding hydrogens is 267 g/mol. The van der Waals surface area contributed by atoms with Crippen molar-refractivity contribution in [2.24, 2.45) is 0 Å². The predicted octanol–water partition coefficient (Wildman–Crippen LogP) is 3.29. The Kier molecular flexibility index (Phi) is 4.20. The molecular formula is C14H16Cl2N2. The smallest absolute Gasteiger partial charge is 0.105 e. The van der Waals surface area contributed by atoms with Gasteiger partial charge in [-0.1, -0.05) is 35.9 Å². The highest BCUT2D eigenvalue weighted by Gasteiger charge is 2.24. The Morgan fingerprint density at radius 2 is 2.11 bits per heavy atom. The van der Waals surface area contributed by atoms with Gasteiger partial charge < -0.3 is 9.80 Å². The predicted molar refractivity (Wildman–Crippen MR) is 77.9 cm³/mol. The maximum Gasteiger partial charge on any atom is 0.105 e. The zero-order chi connectivity index (χ0) is 11.7. The Bertz CT molecular complexity index is 482. The average molecular weight is 283 g/mol. The number of fused-ring (bicyclic) bond motifs is 1. The van der Waals surface area contributed by atoms with Crippen molar-refractivity contribution >= 4 is 24.0 Å². The number of rotatable bonds is 2. The fourth-order valence-electron chi connectivity index (χ4n) is 2.42. The SMILES string of the molecule is Cl.Clc1cccc(CN2CCN3CC=CC=C32)c1. The molecule has 4 heteroatoms. The van der Waals surface area contributed by atoms with E-state index in [0.29, 0.717) is 0 Å². The van der Waals surface area contributed by atoms with Gasteiger partial charge in [0.25, 0.3) is 0 Å². The molecule has 0 amide bonds. The Morgan fingerprint density at radius 3 is 2.94 bits per heavy atom. The summed E-state index contributed by atoms with van der Waals surface area (Å²) < 4.78 is 0. The molecule has 1 aromatic carbocycles. The summed E-state index contributed by atoms with van der Waals surface area (Å²) in [5, 5.41) is 0.816. The van der Waals surface area contributed by atoms with Crippen LogP contribution in [0.1, 0.15) is 5.56 Å². The number of allylic oxidation sites excluding steroid dienone is 2. The summed E-state index contributed by atoms with van der Waals surface area (Å²) in [4.78, 5) is 4.82. The Hall–Kier alpha value is -1.12. The minimum atomic E-state index is 0. The van der Waals surface area contributed by atoms with Gasteiger partial charge in [0.15, 0.2) is 0 Å². The number of hydrogen-bond acceptors (Lipinski definition) is 2. The van der Waals surface area contributed by atoms with E-state index < -0.39 is 0 Å². The maximum atomic E-state index is 6.01. The lowest BCUT2D eigenvalue weighted by Crippen LogP contribution is -2.24. The number of halogens is 2. The molecule has 1 fully saturated rings. The van der Waals surface area contributed by atoms with Crippen molar-refractivity contribution in [3.63, 3.8) is 0 Å². The highest BCUT2D eigenvalue weighted by Crippen LogP contribution is 2.23. The van der Waals surface area contributed by atoms with Crippen molar-refractivity contribution in [1.82, 2.24) is 9.80 Å². The van der Waals surface area contributed by atoms with E-state index >= 15 is 0 Å². The molecule has 0 saturated carbocycles. The van der Waals surface area contributed by atoms with Gasteiger partial charge in [-0.25, -0.2) is 0 Å². The first-order valence-electron chi connectivity index (χ1n) is 5.94. The van der Waals surface area contributed by atoms with Crippen molar-refractivity contribution in [2.45, 2.75) is 6.54 Å². The highest BCUT2D eigenvalue weighted by atomic mass is 35.5. The minimum Gasteiger partial charge on any atom is -0.353 e. The molecule has 1 saturated heterocycles. The maximum absolute atomic E-state index is 6.01. The van der Waals surface area contributed by atoms with Crippen LogP contribution >= 0.6 is 24.0 Å². The van der Waals surface area contributed by atoms with Crippen LogP contribution in [0.2, 0.25) is 5.02 Å². The van der Waals surface area contributed by atoms with Crippen LogP contribution in [0.3, 0.4) is 0 Å². The Morgan fingerprint density at radius 1 is 1.22 bits per heavy atom. The number of nitrogens with zero attached hydrogens (tertiary/aromatic N) is 2. The molecule has 2 heterocycles. The lowest BCUT2D eigenvalue weighted by atomic mass is 10.2. The first-order chi connectivity index (χ1) is 8.33. The molecule has 0 atom stereocenters. The van der Waals surface area contributed by atoms with Gasteiger partial charge in [0.05, 0.1) is 0 Å². The Labute approximate surface area is 119 Å². The highest BCUT2D eigenvalue weighted by molar-refractivity contribution is 6.30. The minimum absolute atomic E-state index is 0. The molecule has 96 valence electrons. The van der Waals surface area contributed by atoms with Crippen LogP contribution in [0, 0.1) is 0 Å². The largest absolute Gasteiger partial charge is 0.353 e. The van der Waals surface area contributed by atoms with E-state index in [1.54, 1.807) is 0 Å². The van der Waals surface area contributed by atoms with Crippen LogP contribution < -0.4 is 0 Å². The van der Waals surface area contributed by atoms with Crippen molar-refractivity contribution in [3.8, 4) is 0 Å². The van der Waals surface area contributed by atoms with Crippen LogP contribution in [-0.2, 0) is 6.54 Å². The summed E-state index contributed by atoms with van der Waals surface area (Å²) in [6.07, 6.45) is 6.54. The third-order valence-corrected chi connectivity index (χ3v) is 3.49. The van der Waals surface area contributed by atoms with Crippen LogP contribution in [0.4, 0.5) is 0 Å². The summed E-state index contributed by atoms with van der Waals surface area (Å²) in [5.41, 5.74) is 1.27. The van der Waals surface area contributed by atoms with Gasteiger partial charge in [0, 0.05) is 31.2 Å². The molecule has 0 aromatic heterocycles. The molecule has 2 nitrogen and oxygen atoms in total. The number of benzene rings is 1. The van der Waals surface area contributed by atoms with Crippen molar-refractivity contribution in [3.05, 3.63) is 58.9 Å². The van der Waals surface area contributed by atoms with Gasteiger partial charge in [0.2, 0.25) is 0 Å². The molecule has 0 N–H and O–H groups in total. The fraction of sp³-hybridized carbons (Fsp3) is 0.286. The second-order valence-corrected chi connectivity index (χ2v) is 4.89. The van der Waals surface area contributed by atoms with Crippen LogP contribution in [0.25, 0.3) is 0 Å². The van der Waals surface area contributed by atoms with Crippen LogP contribution in [0.5, 0.6) is 0 Å². The fourth-order valence-corrected chi connectivity index (χ4v) is 2.64. The summed E-state index contributed by atoms with van der Waals surface area (Å²) in [5.74, 6) is 1.34. The third-order valence-electron chi connectivity index (χ3n) is 3.26. The molecule has 3 rings (SSSR count). The molecule has 0 unspecified atom stereocenters. The third kappa shape index (κ3) is 2.65. The van der Waals surface area contributed by atoms with Gasteiger partial charge >= 0.3 is 0 Å². The van der Waals surface area contributed by atoms with Crippen molar-refractivity contribution in [2.75, 3.05) is 19.6 Å². The first-order valence-corrected chi connectivity index (χ1v) is 6.32. The lowest BCUT2D eigenvalue weighted by Gasteiger charge is -2.25. The Balaban J connectivity index is 0.00000120. The summed E-state index contributed by atoms with van der Waals surface area (Å²) in [6.45, 7) is 4.20. The second-order valence-electron chi connectivity index (χ2n) is 4.45. The number of hydrogen-bond donors (Lipinski definition) is 0. The molecule has 2 aliphatic heterocycles. The van der Waals surface area contributed by atoms with Crippen LogP contribution in [-0.4, -0.2) is 29.4 Å². The molecule has 0 spiro atoms. The monoisotopic (exact) mass is 282 g/mol. The lowest BCUT2D eigenvalue weighted by molar-refractivity contribution is 0.344. The van der Waals surface area contributed by atoms with Crippen molar-refractivity contribution in [1.29, 1.82) is 0 Å². The van der Waals surface area contributed by atoms with E-state index in [-0.39, 0.29) is 12.4 Å². The summed E-state index contributed by atoms with van der Waals surface area (Å²) in [7, 11) is 0. The quantitative estimate of drug-likeness (QED) is 0.821.